The third kappa shape index (κ3) is 5.69. The molecule has 6 heteroatoms. The molecule has 0 atom stereocenters. The number of aromatic hydroxyl groups is 1. The molecule has 0 fully saturated rings. The Kier molecular flexibility index (Phi) is 5.49. The number of benzene rings is 1. The van der Waals surface area contributed by atoms with Crippen LogP contribution in [0.3, 0.4) is 0 Å². The van der Waals surface area contributed by atoms with Gasteiger partial charge in [-0.15, -0.1) is 0 Å². The molecule has 0 heterocycles. The second-order valence-electron chi connectivity index (χ2n) is 5.11. The first kappa shape index (κ1) is 15.9. The number of rotatable bonds is 5. The zero-order valence-electron chi connectivity index (χ0n) is 12.2. The van der Waals surface area contributed by atoms with Crippen LogP contribution in [0.1, 0.15) is 20.8 Å². The van der Waals surface area contributed by atoms with Crippen molar-refractivity contribution in [2.75, 3.05) is 20.3 Å². The Morgan fingerprint density at radius 2 is 2.00 bits per heavy atom. The van der Waals surface area contributed by atoms with Gasteiger partial charge in [-0.25, -0.2) is 4.79 Å². The highest BCUT2D eigenvalue weighted by molar-refractivity contribution is 5.67. The molecule has 0 unspecified atom stereocenters. The quantitative estimate of drug-likeness (QED) is 0.811. The molecular formula is C14H21NO5. The lowest BCUT2D eigenvalue weighted by Gasteiger charge is -2.19. The van der Waals surface area contributed by atoms with Gasteiger partial charge in [0.25, 0.3) is 0 Å². The number of methoxy groups -OCH3 is 1. The van der Waals surface area contributed by atoms with Crippen LogP contribution in [0.25, 0.3) is 0 Å². The van der Waals surface area contributed by atoms with Gasteiger partial charge >= 0.3 is 6.09 Å². The molecule has 0 saturated carbocycles. The number of hydrogen-bond acceptors (Lipinski definition) is 5. The van der Waals surface area contributed by atoms with Crippen molar-refractivity contribution in [3.63, 3.8) is 0 Å². The minimum absolute atomic E-state index is 0.0842. The zero-order chi connectivity index (χ0) is 15.2. The van der Waals surface area contributed by atoms with Crippen LogP contribution in [0.4, 0.5) is 4.79 Å². The Bertz CT molecular complexity index is 453. The van der Waals surface area contributed by atoms with E-state index >= 15 is 0 Å². The number of nitrogens with one attached hydrogen (secondary N) is 1. The average molecular weight is 283 g/mol. The Morgan fingerprint density at radius 3 is 2.60 bits per heavy atom. The summed E-state index contributed by atoms with van der Waals surface area (Å²) in [6.45, 7) is 5.90. The second kappa shape index (κ2) is 6.88. The van der Waals surface area contributed by atoms with Gasteiger partial charge in [-0.3, -0.25) is 0 Å². The summed E-state index contributed by atoms with van der Waals surface area (Å²) in [5, 5.41) is 12.0. The number of hydrogen-bond donors (Lipinski definition) is 2. The van der Waals surface area contributed by atoms with Gasteiger partial charge in [0, 0.05) is 6.07 Å². The Morgan fingerprint density at radius 1 is 1.30 bits per heavy atom. The largest absolute Gasteiger partial charge is 0.508 e. The third-order valence-electron chi connectivity index (χ3n) is 2.18. The van der Waals surface area contributed by atoms with Crippen molar-refractivity contribution in [3.05, 3.63) is 18.2 Å². The van der Waals surface area contributed by atoms with Gasteiger partial charge in [0.2, 0.25) is 0 Å². The van der Waals surface area contributed by atoms with Crippen LogP contribution < -0.4 is 14.8 Å². The van der Waals surface area contributed by atoms with Crippen molar-refractivity contribution in [1.82, 2.24) is 5.32 Å². The van der Waals surface area contributed by atoms with E-state index in [9.17, 15) is 9.90 Å². The monoisotopic (exact) mass is 283 g/mol. The lowest BCUT2D eigenvalue weighted by Crippen LogP contribution is -2.34. The summed E-state index contributed by atoms with van der Waals surface area (Å²) >= 11 is 0. The lowest BCUT2D eigenvalue weighted by atomic mass is 10.2. The van der Waals surface area contributed by atoms with Crippen LogP contribution in [-0.2, 0) is 4.74 Å². The summed E-state index contributed by atoms with van der Waals surface area (Å²) in [7, 11) is 1.51. The first-order chi connectivity index (χ1) is 9.31. The van der Waals surface area contributed by atoms with E-state index in [1.165, 1.54) is 19.2 Å². The van der Waals surface area contributed by atoms with Crippen LogP contribution in [0.2, 0.25) is 0 Å². The summed E-state index contributed by atoms with van der Waals surface area (Å²) in [4.78, 5) is 11.4. The van der Waals surface area contributed by atoms with E-state index in [-0.39, 0.29) is 18.9 Å². The summed E-state index contributed by atoms with van der Waals surface area (Å²) in [6.07, 6.45) is -0.496. The first-order valence-corrected chi connectivity index (χ1v) is 6.28. The van der Waals surface area contributed by atoms with Gasteiger partial charge in [0.05, 0.1) is 13.7 Å². The van der Waals surface area contributed by atoms with Crippen LogP contribution in [0.5, 0.6) is 17.2 Å². The van der Waals surface area contributed by atoms with Crippen molar-refractivity contribution in [2.24, 2.45) is 0 Å². The first-order valence-electron chi connectivity index (χ1n) is 6.28. The summed E-state index contributed by atoms with van der Waals surface area (Å²) < 4.78 is 15.6. The Hall–Kier alpha value is -2.11. The maximum Gasteiger partial charge on any atom is 0.407 e. The molecule has 0 aliphatic carbocycles. The van der Waals surface area contributed by atoms with Crippen molar-refractivity contribution >= 4 is 6.09 Å². The van der Waals surface area contributed by atoms with Crippen LogP contribution in [0, 0.1) is 0 Å². The van der Waals surface area contributed by atoms with Gasteiger partial charge in [-0.05, 0) is 32.9 Å². The molecule has 0 aliphatic heterocycles. The number of ether oxygens (including phenoxy) is 3. The molecule has 1 aromatic carbocycles. The molecule has 0 bridgehead atoms. The van der Waals surface area contributed by atoms with E-state index in [4.69, 9.17) is 14.2 Å². The van der Waals surface area contributed by atoms with Gasteiger partial charge in [-0.2, -0.15) is 0 Å². The molecule has 6 nitrogen and oxygen atoms in total. The molecule has 0 spiro atoms. The van der Waals surface area contributed by atoms with Crippen molar-refractivity contribution in [2.45, 2.75) is 26.4 Å². The smallest absolute Gasteiger partial charge is 0.407 e. The highest BCUT2D eigenvalue weighted by atomic mass is 16.6. The molecule has 0 radical (unpaired) electrons. The molecule has 20 heavy (non-hydrogen) atoms. The van der Waals surface area contributed by atoms with Crippen LogP contribution in [-0.4, -0.2) is 37.1 Å². The molecule has 1 rings (SSSR count). The average Bonchev–Trinajstić information content (AvgIpc) is 2.33. The van der Waals surface area contributed by atoms with Gasteiger partial charge in [0.1, 0.15) is 18.0 Å². The second-order valence-corrected chi connectivity index (χ2v) is 5.11. The highest BCUT2D eigenvalue weighted by Crippen LogP contribution is 2.30. The van der Waals surface area contributed by atoms with Gasteiger partial charge < -0.3 is 24.6 Å². The van der Waals surface area contributed by atoms with E-state index in [0.29, 0.717) is 11.5 Å². The maximum atomic E-state index is 11.4. The number of phenolic OH excluding ortho intramolecular Hbond substituents is 1. The highest BCUT2D eigenvalue weighted by Gasteiger charge is 2.15. The minimum atomic E-state index is -0.528. The number of carbonyl (C=O) groups excluding carboxylic acids is 1. The fraction of sp³-hybridized carbons (Fsp3) is 0.500. The van der Waals surface area contributed by atoms with Crippen molar-refractivity contribution < 1.29 is 24.1 Å². The van der Waals surface area contributed by atoms with Crippen molar-refractivity contribution in [1.29, 1.82) is 0 Å². The van der Waals surface area contributed by atoms with E-state index in [0.717, 1.165) is 0 Å². The maximum absolute atomic E-state index is 11.4. The van der Waals surface area contributed by atoms with Gasteiger partial charge in [0.15, 0.2) is 11.5 Å². The standard InChI is InChI=1S/C14H21NO5/c1-14(2,3)20-13(17)15-7-8-19-12-9-10(16)5-6-11(12)18-4/h5-6,9,16H,7-8H2,1-4H3,(H,15,17). The number of phenols is 1. The van der Waals surface area contributed by atoms with E-state index in [1.807, 2.05) is 0 Å². The topological polar surface area (TPSA) is 77.0 Å². The molecule has 2 N–H and O–H groups in total. The minimum Gasteiger partial charge on any atom is -0.508 e. The SMILES string of the molecule is COc1ccc(O)cc1OCCNC(=O)OC(C)(C)C. The fourth-order valence-corrected chi connectivity index (χ4v) is 1.41. The molecule has 0 aliphatic rings. The predicted octanol–water partition coefficient (Wildman–Crippen LogP) is 2.30. The molecule has 0 saturated heterocycles. The van der Waals surface area contributed by atoms with E-state index < -0.39 is 11.7 Å². The van der Waals surface area contributed by atoms with Gasteiger partial charge in [-0.1, -0.05) is 0 Å². The summed E-state index contributed by atoms with van der Waals surface area (Å²) in [5.74, 6) is 1.01. The molecule has 1 amide bonds. The summed E-state index contributed by atoms with van der Waals surface area (Å²) in [6, 6.07) is 4.56. The molecular weight excluding hydrogens is 262 g/mol. The number of carbonyl (C=O) groups is 1. The Labute approximate surface area is 118 Å². The fourth-order valence-electron chi connectivity index (χ4n) is 1.41. The zero-order valence-corrected chi connectivity index (χ0v) is 12.2. The Balaban J connectivity index is 2.38. The number of alkyl carbamates (subject to hydrolysis) is 1. The number of amides is 1. The van der Waals surface area contributed by atoms with E-state index in [2.05, 4.69) is 5.32 Å². The lowest BCUT2D eigenvalue weighted by molar-refractivity contribution is 0.0520. The van der Waals surface area contributed by atoms with Crippen LogP contribution >= 0.6 is 0 Å². The van der Waals surface area contributed by atoms with Crippen LogP contribution in [0.15, 0.2) is 18.2 Å². The molecule has 0 aromatic heterocycles. The third-order valence-corrected chi connectivity index (χ3v) is 2.18. The van der Waals surface area contributed by atoms with Crippen molar-refractivity contribution in [3.8, 4) is 17.2 Å². The normalized spacial score (nSPS) is 10.8. The summed E-state index contributed by atoms with van der Waals surface area (Å²) in [5.41, 5.74) is -0.528. The van der Waals surface area contributed by atoms with E-state index in [1.54, 1.807) is 26.8 Å². The molecule has 112 valence electrons. The predicted molar refractivity (Wildman–Crippen MR) is 74.4 cm³/mol. The molecule has 1 aromatic rings.